The number of aryl methyl sites for hydroxylation is 1. The molecule has 2 nitrogen and oxygen atoms in total. The van der Waals surface area contributed by atoms with Gasteiger partial charge < -0.3 is 9.41 Å². The molecule has 0 fully saturated rings. The molecule has 0 bridgehead atoms. The summed E-state index contributed by atoms with van der Waals surface area (Å²) in [5, 5.41) is 1.33. The van der Waals surface area contributed by atoms with Crippen molar-refractivity contribution >= 4 is 19.2 Å². The Hall–Kier alpha value is -1.06. The van der Waals surface area contributed by atoms with E-state index in [0.29, 0.717) is 0 Å². The third kappa shape index (κ3) is 3.09. The second kappa shape index (κ2) is 6.80. The van der Waals surface area contributed by atoms with Crippen LogP contribution < -0.4 is 0 Å². The third-order valence-electron chi connectivity index (χ3n) is 5.01. The molecule has 116 valence electrons. The van der Waals surface area contributed by atoms with Gasteiger partial charge in [0.1, 0.15) is 0 Å². The molecule has 0 saturated heterocycles. The molecular formula is C18H29NOSi. The Kier molecular flexibility index (Phi) is 5.28. The fourth-order valence-corrected chi connectivity index (χ4v) is 6.19. The van der Waals surface area contributed by atoms with E-state index in [-0.39, 0.29) is 6.10 Å². The maximum Gasteiger partial charge on any atom is 0.192 e. The molecule has 0 radical (unpaired) electrons. The van der Waals surface area contributed by atoms with E-state index in [4.69, 9.17) is 4.43 Å². The maximum absolute atomic E-state index is 6.63. The van der Waals surface area contributed by atoms with Gasteiger partial charge in [0.15, 0.2) is 8.32 Å². The van der Waals surface area contributed by atoms with Crippen LogP contribution in [0.25, 0.3) is 10.9 Å². The van der Waals surface area contributed by atoms with E-state index < -0.39 is 8.32 Å². The third-order valence-corrected chi connectivity index (χ3v) is 9.73. The highest BCUT2D eigenvalue weighted by Gasteiger charge is 2.31. The van der Waals surface area contributed by atoms with E-state index in [9.17, 15) is 0 Å². The Morgan fingerprint density at radius 1 is 1.10 bits per heavy atom. The molecule has 2 rings (SSSR count). The van der Waals surface area contributed by atoms with Crippen molar-refractivity contribution in [3.8, 4) is 0 Å². The molecule has 0 spiro atoms. The van der Waals surface area contributed by atoms with Gasteiger partial charge in [-0.1, -0.05) is 45.9 Å². The molecule has 1 atom stereocenters. The van der Waals surface area contributed by atoms with E-state index in [0.717, 1.165) is 6.42 Å². The van der Waals surface area contributed by atoms with Crippen LogP contribution in [0.3, 0.4) is 0 Å². The summed E-state index contributed by atoms with van der Waals surface area (Å²) in [5.74, 6) is 0. The molecule has 3 heteroatoms. The standard InChI is InChI=1S/C18H29NOSi/c1-6-15-11-10-12-16-17(13-19-18(15)16)14(5)20-21(7-2,8-3)9-4/h10-14,19H,6-9H2,1-5H3. The zero-order valence-corrected chi connectivity index (χ0v) is 15.1. The van der Waals surface area contributed by atoms with Crippen LogP contribution in [0.2, 0.25) is 18.1 Å². The fraction of sp³-hybridized carbons (Fsp3) is 0.556. The zero-order chi connectivity index (χ0) is 15.5. The summed E-state index contributed by atoms with van der Waals surface area (Å²) in [4.78, 5) is 3.46. The van der Waals surface area contributed by atoms with Gasteiger partial charge in [-0.3, -0.25) is 0 Å². The number of hydrogen-bond acceptors (Lipinski definition) is 1. The quantitative estimate of drug-likeness (QED) is 0.641. The molecule has 2 aromatic rings. The first kappa shape index (κ1) is 16.3. The van der Waals surface area contributed by atoms with Gasteiger partial charge >= 0.3 is 0 Å². The number of fused-ring (bicyclic) bond motifs is 1. The van der Waals surface area contributed by atoms with Crippen molar-refractivity contribution < 1.29 is 4.43 Å². The smallest absolute Gasteiger partial charge is 0.192 e. The predicted octanol–water partition coefficient (Wildman–Crippen LogP) is 5.81. The van der Waals surface area contributed by atoms with Crippen molar-refractivity contribution in [2.45, 2.75) is 65.3 Å². The van der Waals surface area contributed by atoms with Crippen molar-refractivity contribution in [2.75, 3.05) is 0 Å². The van der Waals surface area contributed by atoms with Crippen molar-refractivity contribution in [1.82, 2.24) is 4.98 Å². The lowest BCUT2D eigenvalue weighted by Gasteiger charge is -2.31. The normalized spacial score (nSPS) is 13.8. The zero-order valence-electron chi connectivity index (χ0n) is 14.1. The predicted molar refractivity (Wildman–Crippen MR) is 94.4 cm³/mol. The summed E-state index contributed by atoms with van der Waals surface area (Å²) in [6, 6.07) is 10.2. The molecule has 0 aliphatic rings. The average Bonchev–Trinajstić information content (AvgIpc) is 2.96. The lowest BCUT2D eigenvalue weighted by atomic mass is 10.1. The first-order valence-electron chi connectivity index (χ1n) is 8.37. The van der Waals surface area contributed by atoms with E-state index in [2.05, 4.69) is 64.0 Å². The van der Waals surface area contributed by atoms with Crippen molar-refractivity contribution in [2.24, 2.45) is 0 Å². The van der Waals surface area contributed by atoms with Gasteiger partial charge in [-0.05, 0) is 37.0 Å². The Morgan fingerprint density at radius 2 is 1.76 bits per heavy atom. The summed E-state index contributed by atoms with van der Waals surface area (Å²) in [7, 11) is -1.56. The van der Waals surface area contributed by atoms with Crippen LogP contribution in [0.5, 0.6) is 0 Å². The number of hydrogen-bond donors (Lipinski definition) is 1. The SMILES string of the molecule is CCc1cccc2c(C(C)O[Si](CC)(CC)CC)c[nH]c12. The van der Waals surface area contributed by atoms with Gasteiger partial charge in [0.2, 0.25) is 0 Å². The summed E-state index contributed by atoms with van der Waals surface area (Å²) < 4.78 is 6.63. The van der Waals surface area contributed by atoms with Crippen molar-refractivity contribution in [3.05, 3.63) is 35.5 Å². The van der Waals surface area contributed by atoms with Crippen molar-refractivity contribution in [3.63, 3.8) is 0 Å². The molecule has 1 N–H and O–H groups in total. The molecule has 1 heterocycles. The molecule has 0 aliphatic heterocycles. The number of rotatable bonds is 7. The van der Waals surface area contributed by atoms with Crippen LogP contribution in [-0.4, -0.2) is 13.3 Å². The molecule has 0 amide bonds. The number of H-pyrrole nitrogens is 1. The molecule has 1 unspecified atom stereocenters. The number of nitrogens with one attached hydrogen (secondary N) is 1. The monoisotopic (exact) mass is 303 g/mol. The van der Waals surface area contributed by atoms with Gasteiger partial charge in [0.25, 0.3) is 0 Å². The van der Waals surface area contributed by atoms with Crippen LogP contribution >= 0.6 is 0 Å². The second-order valence-electron chi connectivity index (χ2n) is 5.94. The summed E-state index contributed by atoms with van der Waals surface area (Å²) in [5.41, 5.74) is 3.98. The van der Waals surface area contributed by atoms with Gasteiger partial charge in [0.05, 0.1) is 6.10 Å². The van der Waals surface area contributed by atoms with Crippen LogP contribution in [0.4, 0.5) is 0 Å². The molecular weight excluding hydrogens is 274 g/mol. The summed E-state index contributed by atoms with van der Waals surface area (Å²) in [6.07, 6.45) is 3.39. The Bertz CT molecular complexity index is 578. The minimum Gasteiger partial charge on any atom is -0.410 e. The Morgan fingerprint density at radius 3 is 2.33 bits per heavy atom. The highest BCUT2D eigenvalue weighted by Crippen LogP contribution is 2.33. The van der Waals surface area contributed by atoms with E-state index in [1.165, 1.54) is 40.2 Å². The Labute approximate surface area is 130 Å². The summed E-state index contributed by atoms with van der Waals surface area (Å²) in [6.45, 7) is 11.3. The molecule has 0 aliphatic carbocycles. The Balaban J connectivity index is 2.34. The van der Waals surface area contributed by atoms with Gasteiger partial charge in [-0.15, -0.1) is 0 Å². The molecule has 1 aromatic carbocycles. The maximum atomic E-state index is 6.63. The first-order chi connectivity index (χ1) is 10.1. The van der Waals surface area contributed by atoms with Crippen LogP contribution in [0.15, 0.2) is 24.4 Å². The van der Waals surface area contributed by atoms with E-state index >= 15 is 0 Å². The van der Waals surface area contributed by atoms with Gasteiger partial charge in [-0.2, -0.15) is 0 Å². The number of para-hydroxylation sites is 1. The fourth-order valence-electron chi connectivity index (χ4n) is 3.31. The average molecular weight is 304 g/mol. The lowest BCUT2D eigenvalue weighted by Crippen LogP contribution is -2.36. The van der Waals surface area contributed by atoms with Gasteiger partial charge in [0, 0.05) is 22.7 Å². The number of benzene rings is 1. The minimum absolute atomic E-state index is 0.178. The molecule has 1 aromatic heterocycles. The van der Waals surface area contributed by atoms with Crippen molar-refractivity contribution in [1.29, 1.82) is 0 Å². The highest BCUT2D eigenvalue weighted by molar-refractivity contribution is 6.73. The van der Waals surface area contributed by atoms with Crippen LogP contribution in [-0.2, 0) is 10.8 Å². The lowest BCUT2D eigenvalue weighted by molar-refractivity contribution is 0.211. The van der Waals surface area contributed by atoms with Crippen LogP contribution in [0.1, 0.15) is 51.8 Å². The largest absolute Gasteiger partial charge is 0.410 e. The topological polar surface area (TPSA) is 25.0 Å². The molecule has 0 saturated carbocycles. The van der Waals surface area contributed by atoms with E-state index in [1.807, 2.05) is 0 Å². The minimum atomic E-state index is -1.56. The number of aromatic amines is 1. The second-order valence-corrected chi connectivity index (χ2v) is 10.7. The van der Waals surface area contributed by atoms with Crippen LogP contribution in [0, 0.1) is 0 Å². The summed E-state index contributed by atoms with van der Waals surface area (Å²) >= 11 is 0. The highest BCUT2D eigenvalue weighted by atomic mass is 28.4. The number of aromatic nitrogens is 1. The van der Waals surface area contributed by atoms with E-state index in [1.54, 1.807) is 0 Å². The first-order valence-corrected chi connectivity index (χ1v) is 10.9. The molecule has 21 heavy (non-hydrogen) atoms. The van der Waals surface area contributed by atoms with Gasteiger partial charge in [-0.25, -0.2) is 0 Å².